The number of likely N-dealkylation sites (N-methyl/N-ethyl adjacent to an activating group) is 1. The molecule has 0 spiro atoms. The molecule has 1 aliphatic heterocycles. The summed E-state index contributed by atoms with van der Waals surface area (Å²) in [5, 5.41) is 6.43. The van der Waals surface area contributed by atoms with Gasteiger partial charge in [0, 0.05) is 25.7 Å². The summed E-state index contributed by atoms with van der Waals surface area (Å²) in [6.45, 7) is 5.07. The Hall–Kier alpha value is -1.46. The molecule has 0 radical (unpaired) electrons. The summed E-state index contributed by atoms with van der Waals surface area (Å²) in [5.41, 5.74) is 1.15. The van der Waals surface area contributed by atoms with Crippen LogP contribution >= 0.6 is 0 Å². The van der Waals surface area contributed by atoms with Crippen molar-refractivity contribution in [2.75, 3.05) is 20.1 Å². The fraction of sp³-hybridized carbons (Fsp3) is 0.650. The van der Waals surface area contributed by atoms with E-state index in [1.165, 1.54) is 18.6 Å². The molecule has 5 heteroatoms. The maximum absolute atomic E-state index is 13.1. The van der Waals surface area contributed by atoms with E-state index in [-0.39, 0.29) is 17.8 Å². The van der Waals surface area contributed by atoms with Gasteiger partial charge in [0.25, 0.3) is 0 Å². The van der Waals surface area contributed by atoms with Gasteiger partial charge in [-0.3, -0.25) is 9.69 Å². The van der Waals surface area contributed by atoms with Crippen molar-refractivity contribution in [3.63, 3.8) is 0 Å². The molecular weight excluding hydrogens is 317 g/mol. The highest BCUT2D eigenvalue weighted by atomic mass is 19.1. The third-order valence-corrected chi connectivity index (χ3v) is 5.82. The Morgan fingerprint density at radius 1 is 1.28 bits per heavy atom. The van der Waals surface area contributed by atoms with Crippen LogP contribution in [0, 0.1) is 17.7 Å². The van der Waals surface area contributed by atoms with Crippen LogP contribution in [0.15, 0.2) is 24.3 Å². The lowest BCUT2D eigenvalue weighted by atomic mass is 9.97. The summed E-state index contributed by atoms with van der Waals surface area (Å²) < 4.78 is 13.1. The summed E-state index contributed by atoms with van der Waals surface area (Å²) in [6.07, 6.45) is 4.16. The van der Waals surface area contributed by atoms with Crippen LogP contribution in [-0.4, -0.2) is 43.0 Å². The van der Waals surface area contributed by atoms with Gasteiger partial charge in [0.2, 0.25) is 5.91 Å². The number of carbonyl (C=O) groups is 1. The largest absolute Gasteiger partial charge is 0.352 e. The van der Waals surface area contributed by atoms with Gasteiger partial charge in [-0.1, -0.05) is 25.5 Å². The van der Waals surface area contributed by atoms with E-state index >= 15 is 0 Å². The first-order valence-electron chi connectivity index (χ1n) is 9.55. The van der Waals surface area contributed by atoms with Gasteiger partial charge in [0.15, 0.2) is 0 Å². The van der Waals surface area contributed by atoms with Crippen molar-refractivity contribution in [1.82, 2.24) is 15.5 Å². The lowest BCUT2D eigenvalue weighted by molar-refractivity contribution is -0.124. The minimum absolute atomic E-state index is 0.0826. The first-order valence-corrected chi connectivity index (χ1v) is 9.55. The number of likely N-dealkylation sites (tertiary alicyclic amines) is 1. The van der Waals surface area contributed by atoms with Gasteiger partial charge in [0.05, 0.1) is 6.04 Å². The molecule has 0 aromatic heterocycles. The van der Waals surface area contributed by atoms with Gasteiger partial charge in [-0.05, 0) is 55.8 Å². The number of amides is 1. The van der Waals surface area contributed by atoms with Crippen LogP contribution in [-0.2, 0) is 11.3 Å². The molecule has 1 aromatic rings. The van der Waals surface area contributed by atoms with Crippen molar-refractivity contribution >= 4 is 5.91 Å². The van der Waals surface area contributed by atoms with Crippen molar-refractivity contribution in [3.8, 4) is 0 Å². The van der Waals surface area contributed by atoms with Gasteiger partial charge < -0.3 is 10.6 Å². The second-order valence-corrected chi connectivity index (χ2v) is 7.57. The van der Waals surface area contributed by atoms with Gasteiger partial charge in [-0.15, -0.1) is 0 Å². The lowest BCUT2D eigenvalue weighted by Crippen LogP contribution is -2.48. The molecule has 0 bridgehead atoms. The Morgan fingerprint density at radius 3 is 2.72 bits per heavy atom. The van der Waals surface area contributed by atoms with Crippen molar-refractivity contribution in [3.05, 3.63) is 35.6 Å². The zero-order valence-electron chi connectivity index (χ0n) is 15.3. The molecule has 1 amide bonds. The molecule has 1 aromatic carbocycles. The van der Waals surface area contributed by atoms with Crippen molar-refractivity contribution in [1.29, 1.82) is 0 Å². The number of benzene rings is 1. The van der Waals surface area contributed by atoms with E-state index in [4.69, 9.17) is 0 Å². The minimum Gasteiger partial charge on any atom is -0.352 e. The monoisotopic (exact) mass is 347 g/mol. The van der Waals surface area contributed by atoms with E-state index in [0.29, 0.717) is 17.9 Å². The second kappa shape index (κ2) is 8.28. The molecule has 2 N–H and O–H groups in total. The second-order valence-electron chi connectivity index (χ2n) is 7.57. The molecule has 4 nitrogen and oxygen atoms in total. The Balaban J connectivity index is 1.54. The molecule has 138 valence electrons. The Bertz CT molecular complexity index is 577. The molecule has 1 heterocycles. The number of hydrogen-bond donors (Lipinski definition) is 2. The Kier molecular flexibility index (Phi) is 6.07. The summed E-state index contributed by atoms with van der Waals surface area (Å²) in [4.78, 5) is 14.9. The maximum Gasteiger partial charge on any atom is 0.237 e. The van der Waals surface area contributed by atoms with Gasteiger partial charge in [-0.2, -0.15) is 0 Å². The fourth-order valence-electron chi connectivity index (χ4n) is 4.49. The van der Waals surface area contributed by atoms with Crippen molar-refractivity contribution < 1.29 is 9.18 Å². The topological polar surface area (TPSA) is 44.4 Å². The number of fused-ring (bicyclic) bond motifs is 1. The Morgan fingerprint density at radius 2 is 2.04 bits per heavy atom. The summed E-state index contributed by atoms with van der Waals surface area (Å²) in [7, 11) is 1.86. The number of rotatable bonds is 7. The van der Waals surface area contributed by atoms with E-state index in [1.807, 2.05) is 19.2 Å². The summed E-state index contributed by atoms with van der Waals surface area (Å²) in [6, 6.07) is 7.00. The third kappa shape index (κ3) is 4.39. The van der Waals surface area contributed by atoms with Crippen LogP contribution in [0.4, 0.5) is 4.39 Å². The average Bonchev–Trinajstić information content (AvgIpc) is 3.16. The van der Waals surface area contributed by atoms with E-state index in [0.717, 1.165) is 44.5 Å². The van der Waals surface area contributed by atoms with Crippen LogP contribution in [0.5, 0.6) is 0 Å². The smallest absolute Gasteiger partial charge is 0.237 e. The van der Waals surface area contributed by atoms with E-state index < -0.39 is 0 Å². The van der Waals surface area contributed by atoms with Crippen LogP contribution < -0.4 is 10.6 Å². The van der Waals surface area contributed by atoms with Crippen LogP contribution in [0.25, 0.3) is 0 Å². The molecule has 1 aliphatic carbocycles. The fourth-order valence-corrected chi connectivity index (χ4v) is 4.49. The number of nitrogens with zero attached hydrogens (tertiary/aromatic N) is 1. The predicted molar refractivity (Wildman–Crippen MR) is 97.6 cm³/mol. The van der Waals surface area contributed by atoms with Gasteiger partial charge in [-0.25, -0.2) is 4.39 Å². The zero-order valence-corrected chi connectivity index (χ0v) is 15.3. The molecule has 0 unspecified atom stereocenters. The summed E-state index contributed by atoms with van der Waals surface area (Å²) in [5.74, 6) is 1.18. The Labute approximate surface area is 150 Å². The highest BCUT2D eigenvalue weighted by Gasteiger charge is 2.43. The average molecular weight is 347 g/mol. The van der Waals surface area contributed by atoms with Crippen molar-refractivity contribution in [2.24, 2.45) is 11.8 Å². The summed E-state index contributed by atoms with van der Waals surface area (Å²) >= 11 is 0. The number of carbonyl (C=O) groups excluding carboxylic acids is 1. The number of halogens is 1. The molecule has 3 rings (SSSR count). The zero-order chi connectivity index (χ0) is 17.8. The van der Waals surface area contributed by atoms with E-state index in [1.54, 1.807) is 0 Å². The molecule has 4 atom stereocenters. The number of hydrogen-bond acceptors (Lipinski definition) is 3. The third-order valence-electron chi connectivity index (χ3n) is 5.82. The molecule has 2 aliphatic rings. The first-order chi connectivity index (χ1) is 12.1. The maximum atomic E-state index is 13.1. The van der Waals surface area contributed by atoms with Crippen LogP contribution in [0.2, 0.25) is 0 Å². The highest BCUT2D eigenvalue weighted by Crippen LogP contribution is 2.38. The van der Waals surface area contributed by atoms with Crippen molar-refractivity contribution in [2.45, 2.75) is 51.2 Å². The molecule has 1 saturated heterocycles. The standard InChI is InChI=1S/C20H30FN3O/c1-3-4-19(22-2)20(25)23-18-10-7-15-12-24(13-17(15)18)11-14-5-8-16(21)9-6-14/h5-6,8-9,15,17-19,22H,3-4,7,10-13H2,1-2H3,(H,23,25)/t15-,17+,18+,19-/m0/s1. The normalized spacial score (nSPS) is 27.2. The molecular formula is C20H30FN3O. The first kappa shape index (κ1) is 18.3. The number of nitrogens with one attached hydrogen (secondary N) is 2. The quantitative estimate of drug-likeness (QED) is 0.797. The van der Waals surface area contributed by atoms with Gasteiger partial charge >= 0.3 is 0 Å². The minimum atomic E-state index is -0.184. The van der Waals surface area contributed by atoms with Gasteiger partial charge in [0.1, 0.15) is 5.82 Å². The predicted octanol–water partition coefficient (Wildman–Crippen LogP) is 2.54. The van der Waals surface area contributed by atoms with E-state index in [2.05, 4.69) is 22.5 Å². The molecule has 2 fully saturated rings. The molecule has 25 heavy (non-hydrogen) atoms. The van der Waals surface area contributed by atoms with Crippen LogP contribution in [0.1, 0.15) is 38.2 Å². The molecule has 1 saturated carbocycles. The van der Waals surface area contributed by atoms with Crippen LogP contribution in [0.3, 0.4) is 0 Å². The SMILES string of the molecule is CCC[C@H](NC)C(=O)N[C@@H]1CC[C@H]2CN(Cc3ccc(F)cc3)C[C@H]21. The van der Waals surface area contributed by atoms with E-state index in [9.17, 15) is 9.18 Å². The lowest BCUT2D eigenvalue weighted by Gasteiger charge is -2.24. The highest BCUT2D eigenvalue weighted by molar-refractivity contribution is 5.82.